The zero-order valence-corrected chi connectivity index (χ0v) is 19.1. The molecule has 4 rings (SSSR count). The summed E-state index contributed by atoms with van der Waals surface area (Å²) < 4.78 is 41.1. The van der Waals surface area contributed by atoms with Crippen molar-refractivity contribution in [1.29, 1.82) is 0 Å². The van der Waals surface area contributed by atoms with Gasteiger partial charge in [0, 0.05) is 17.8 Å². The second kappa shape index (κ2) is 10.3. The van der Waals surface area contributed by atoms with Crippen LogP contribution in [0.4, 0.5) is 10.1 Å². The molecule has 0 aliphatic heterocycles. The number of rotatable bonds is 8. The lowest BCUT2D eigenvalue weighted by Gasteiger charge is -2.10. The van der Waals surface area contributed by atoms with Gasteiger partial charge in [0.25, 0.3) is 15.9 Å². The van der Waals surface area contributed by atoms with Crippen molar-refractivity contribution in [2.75, 3.05) is 11.3 Å². The topological polar surface area (TPSA) is 75.3 Å². The van der Waals surface area contributed by atoms with Crippen LogP contribution in [0, 0.1) is 5.82 Å². The zero-order chi connectivity index (χ0) is 24.0. The SMILES string of the molecule is O=C(NCCc1ccccc1)c1ccc(NS(=O)(=O)c2ccc(-c3ccc(F)cc3)cc2)cc1. The fourth-order valence-electron chi connectivity index (χ4n) is 3.44. The summed E-state index contributed by atoms with van der Waals surface area (Å²) in [4.78, 5) is 12.4. The lowest BCUT2D eigenvalue weighted by Crippen LogP contribution is -2.25. The minimum absolute atomic E-state index is 0.0982. The third kappa shape index (κ3) is 5.88. The van der Waals surface area contributed by atoms with Crippen LogP contribution >= 0.6 is 0 Å². The second-order valence-corrected chi connectivity index (χ2v) is 9.39. The summed E-state index contributed by atoms with van der Waals surface area (Å²) >= 11 is 0. The van der Waals surface area contributed by atoms with Gasteiger partial charge in [0.1, 0.15) is 5.82 Å². The molecule has 5 nitrogen and oxygen atoms in total. The van der Waals surface area contributed by atoms with Gasteiger partial charge in [-0.3, -0.25) is 9.52 Å². The smallest absolute Gasteiger partial charge is 0.261 e. The molecule has 0 radical (unpaired) electrons. The van der Waals surface area contributed by atoms with Crippen LogP contribution in [0.1, 0.15) is 15.9 Å². The van der Waals surface area contributed by atoms with E-state index in [1.54, 1.807) is 48.5 Å². The summed E-state index contributed by atoms with van der Waals surface area (Å²) in [6, 6.07) is 28.4. The molecule has 0 saturated carbocycles. The first-order chi connectivity index (χ1) is 16.4. The Balaban J connectivity index is 1.36. The molecule has 0 bridgehead atoms. The average Bonchev–Trinajstić information content (AvgIpc) is 2.85. The number of sulfonamides is 1. The maximum atomic E-state index is 13.1. The second-order valence-electron chi connectivity index (χ2n) is 7.71. The molecule has 0 heterocycles. The standard InChI is InChI=1S/C27H23FN2O3S/c28-24-12-6-21(7-13-24)22-10-16-26(17-11-22)34(32,33)30-25-14-8-23(9-15-25)27(31)29-19-18-20-4-2-1-3-5-20/h1-17,30H,18-19H2,(H,29,31). The molecular weight excluding hydrogens is 451 g/mol. The number of anilines is 1. The third-order valence-electron chi connectivity index (χ3n) is 5.28. The van der Waals surface area contributed by atoms with Gasteiger partial charge >= 0.3 is 0 Å². The molecule has 1 amide bonds. The van der Waals surface area contributed by atoms with Crippen LogP contribution in [-0.2, 0) is 16.4 Å². The summed E-state index contributed by atoms with van der Waals surface area (Å²) in [6.07, 6.45) is 0.727. The molecule has 0 unspecified atom stereocenters. The van der Waals surface area contributed by atoms with E-state index in [4.69, 9.17) is 0 Å². The first kappa shape index (κ1) is 23.2. The fraction of sp³-hybridized carbons (Fsp3) is 0.0741. The summed E-state index contributed by atoms with van der Waals surface area (Å²) in [5, 5.41) is 2.86. The van der Waals surface area contributed by atoms with Gasteiger partial charge < -0.3 is 5.32 Å². The highest BCUT2D eigenvalue weighted by atomic mass is 32.2. The summed E-state index contributed by atoms with van der Waals surface area (Å²) in [5.41, 5.74) is 3.50. The Morgan fingerprint density at radius 3 is 1.94 bits per heavy atom. The van der Waals surface area contributed by atoms with Crippen molar-refractivity contribution in [3.05, 3.63) is 120 Å². The van der Waals surface area contributed by atoms with E-state index < -0.39 is 10.0 Å². The minimum Gasteiger partial charge on any atom is -0.352 e. The third-order valence-corrected chi connectivity index (χ3v) is 6.68. The van der Waals surface area contributed by atoms with Gasteiger partial charge in [0.2, 0.25) is 0 Å². The summed E-state index contributed by atoms with van der Waals surface area (Å²) in [7, 11) is -3.81. The van der Waals surface area contributed by atoms with Crippen molar-refractivity contribution in [2.45, 2.75) is 11.3 Å². The number of nitrogens with one attached hydrogen (secondary N) is 2. The van der Waals surface area contributed by atoms with E-state index in [0.717, 1.165) is 23.1 Å². The number of amides is 1. The largest absolute Gasteiger partial charge is 0.352 e. The fourth-order valence-corrected chi connectivity index (χ4v) is 4.50. The van der Waals surface area contributed by atoms with Crippen LogP contribution in [-0.4, -0.2) is 20.9 Å². The van der Waals surface area contributed by atoms with Crippen molar-refractivity contribution >= 4 is 21.6 Å². The van der Waals surface area contributed by atoms with Crippen molar-refractivity contribution in [3.63, 3.8) is 0 Å². The Morgan fingerprint density at radius 1 is 0.735 bits per heavy atom. The molecule has 0 spiro atoms. The van der Waals surface area contributed by atoms with E-state index in [1.807, 2.05) is 30.3 Å². The van der Waals surface area contributed by atoms with Gasteiger partial charge in [-0.15, -0.1) is 0 Å². The molecule has 4 aromatic rings. The number of hydrogen-bond donors (Lipinski definition) is 2. The molecule has 7 heteroatoms. The zero-order valence-electron chi connectivity index (χ0n) is 18.2. The predicted octanol–water partition coefficient (Wildman–Crippen LogP) is 5.27. The first-order valence-electron chi connectivity index (χ1n) is 10.7. The van der Waals surface area contributed by atoms with Gasteiger partial charge in [-0.1, -0.05) is 54.6 Å². The normalized spacial score (nSPS) is 11.1. The Labute approximate surface area is 198 Å². The van der Waals surface area contributed by atoms with Gasteiger partial charge in [-0.25, -0.2) is 12.8 Å². The number of carbonyl (C=O) groups is 1. The number of benzene rings is 4. The molecule has 0 aliphatic rings. The van der Waals surface area contributed by atoms with E-state index in [0.29, 0.717) is 17.8 Å². The van der Waals surface area contributed by atoms with E-state index in [-0.39, 0.29) is 16.6 Å². The highest BCUT2D eigenvalue weighted by molar-refractivity contribution is 7.92. The van der Waals surface area contributed by atoms with Gasteiger partial charge in [0.05, 0.1) is 4.90 Å². The first-order valence-corrected chi connectivity index (χ1v) is 12.2. The van der Waals surface area contributed by atoms with Crippen LogP contribution in [0.3, 0.4) is 0 Å². The molecule has 34 heavy (non-hydrogen) atoms. The van der Waals surface area contributed by atoms with E-state index in [9.17, 15) is 17.6 Å². The molecule has 0 saturated heterocycles. The molecule has 0 atom stereocenters. The average molecular weight is 475 g/mol. The molecule has 2 N–H and O–H groups in total. The Morgan fingerprint density at radius 2 is 1.32 bits per heavy atom. The van der Waals surface area contributed by atoms with Crippen LogP contribution in [0.5, 0.6) is 0 Å². The number of halogens is 1. The molecule has 4 aromatic carbocycles. The van der Waals surface area contributed by atoms with Gasteiger partial charge in [-0.05, 0) is 71.6 Å². The quantitative estimate of drug-likeness (QED) is 0.366. The van der Waals surface area contributed by atoms with Gasteiger partial charge in [0.15, 0.2) is 0 Å². The summed E-state index contributed by atoms with van der Waals surface area (Å²) in [5.74, 6) is -0.551. The molecular formula is C27H23FN2O3S. The van der Waals surface area contributed by atoms with Gasteiger partial charge in [-0.2, -0.15) is 0 Å². The highest BCUT2D eigenvalue weighted by Gasteiger charge is 2.15. The van der Waals surface area contributed by atoms with E-state index in [1.165, 1.54) is 24.3 Å². The van der Waals surface area contributed by atoms with Crippen molar-refractivity contribution in [3.8, 4) is 11.1 Å². The lowest BCUT2D eigenvalue weighted by molar-refractivity contribution is 0.0954. The van der Waals surface area contributed by atoms with Crippen molar-refractivity contribution in [2.24, 2.45) is 0 Å². The molecule has 0 aromatic heterocycles. The highest BCUT2D eigenvalue weighted by Crippen LogP contribution is 2.23. The maximum absolute atomic E-state index is 13.1. The van der Waals surface area contributed by atoms with Crippen LogP contribution in [0.15, 0.2) is 108 Å². The van der Waals surface area contributed by atoms with Crippen molar-refractivity contribution < 1.29 is 17.6 Å². The lowest BCUT2D eigenvalue weighted by atomic mass is 10.1. The van der Waals surface area contributed by atoms with E-state index >= 15 is 0 Å². The predicted molar refractivity (Wildman–Crippen MR) is 132 cm³/mol. The molecule has 0 aliphatic carbocycles. The Bertz CT molecular complexity index is 1350. The van der Waals surface area contributed by atoms with Crippen LogP contribution in [0.25, 0.3) is 11.1 Å². The molecule has 0 fully saturated rings. The number of carbonyl (C=O) groups excluding carboxylic acids is 1. The monoisotopic (exact) mass is 474 g/mol. The maximum Gasteiger partial charge on any atom is 0.261 e. The van der Waals surface area contributed by atoms with Crippen LogP contribution in [0.2, 0.25) is 0 Å². The van der Waals surface area contributed by atoms with E-state index in [2.05, 4.69) is 10.0 Å². The summed E-state index contributed by atoms with van der Waals surface area (Å²) in [6.45, 7) is 0.505. The number of hydrogen-bond acceptors (Lipinski definition) is 3. The van der Waals surface area contributed by atoms with Crippen molar-refractivity contribution in [1.82, 2.24) is 5.32 Å². The molecule has 172 valence electrons. The Hall–Kier alpha value is -3.97. The minimum atomic E-state index is -3.81. The van der Waals surface area contributed by atoms with Crippen LogP contribution < -0.4 is 10.0 Å². The Kier molecular flexibility index (Phi) is 7.04.